The summed E-state index contributed by atoms with van der Waals surface area (Å²) in [5.41, 5.74) is 5.22. The molecule has 26 heavy (non-hydrogen) atoms. The van der Waals surface area contributed by atoms with Crippen molar-refractivity contribution in [1.29, 1.82) is 0 Å². The van der Waals surface area contributed by atoms with E-state index in [-0.39, 0.29) is 0 Å². The van der Waals surface area contributed by atoms with Crippen molar-refractivity contribution >= 4 is 21.9 Å². The minimum absolute atomic E-state index is 0.302. The molecular formula is C21H21NO3S. The summed E-state index contributed by atoms with van der Waals surface area (Å²) < 4.78 is 27.3. The third-order valence-corrected chi connectivity index (χ3v) is 6.49. The highest BCUT2D eigenvalue weighted by Crippen LogP contribution is 2.32. The van der Waals surface area contributed by atoms with Gasteiger partial charge in [0.05, 0.1) is 4.90 Å². The summed E-state index contributed by atoms with van der Waals surface area (Å²) in [6, 6.07) is 14.0. The quantitative estimate of drug-likeness (QED) is 0.755. The number of carbonyl (C=O) groups excluding carboxylic acids is 1. The SMILES string of the molecule is C=C(C1=C(C)CN(S(=O)(=O)c2ccc(C)cc2)C1)c1ccc(C=O)cc1. The van der Waals surface area contributed by atoms with E-state index in [2.05, 4.69) is 6.58 Å². The van der Waals surface area contributed by atoms with Gasteiger partial charge in [-0.1, -0.05) is 54.1 Å². The van der Waals surface area contributed by atoms with Crippen LogP contribution in [-0.2, 0) is 10.0 Å². The second kappa shape index (κ2) is 7.02. The van der Waals surface area contributed by atoms with Crippen molar-refractivity contribution < 1.29 is 13.2 Å². The molecule has 0 aromatic heterocycles. The van der Waals surface area contributed by atoms with Crippen molar-refractivity contribution in [3.05, 3.63) is 82.9 Å². The fourth-order valence-electron chi connectivity index (χ4n) is 3.05. The van der Waals surface area contributed by atoms with Gasteiger partial charge in [0.15, 0.2) is 0 Å². The molecule has 0 aliphatic carbocycles. The fourth-order valence-corrected chi connectivity index (χ4v) is 4.49. The molecule has 3 rings (SSSR count). The first-order valence-corrected chi connectivity index (χ1v) is 9.77. The predicted molar refractivity (Wildman–Crippen MR) is 104 cm³/mol. The van der Waals surface area contributed by atoms with Crippen LogP contribution in [0.1, 0.15) is 28.4 Å². The van der Waals surface area contributed by atoms with Gasteiger partial charge in [0, 0.05) is 18.7 Å². The monoisotopic (exact) mass is 367 g/mol. The number of hydrogen-bond acceptors (Lipinski definition) is 3. The highest BCUT2D eigenvalue weighted by molar-refractivity contribution is 7.89. The molecule has 0 saturated heterocycles. The van der Waals surface area contributed by atoms with E-state index in [1.807, 2.05) is 26.0 Å². The lowest BCUT2D eigenvalue weighted by Crippen LogP contribution is -2.29. The summed E-state index contributed by atoms with van der Waals surface area (Å²) in [4.78, 5) is 11.1. The van der Waals surface area contributed by atoms with Gasteiger partial charge in [-0.3, -0.25) is 4.79 Å². The van der Waals surface area contributed by atoms with Gasteiger partial charge in [-0.05, 0) is 42.7 Å². The van der Waals surface area contributed by atoms with Crippen LogP contribution in [0.15, 0.2) is 71.2 Å². The summed E-state index contributed by atoms with van der Waals surface area (Å²) in [5.74, 6) is 0. The number of rotatable bonds is 5. The lowest BCUT2D eigenvalue weighted by atomic mass is 9.97. The predicted octanol–water partition coefficient (Wildman–Crippen LogP) is 3.84. The van der Waals surface area contributed by atoms with Crippen LogP contribution in [0.5, 0.6) is 0 Å². The van der Waals surface area contributed by atoms with E-state index in [0.717, 1.165) is 34.1 Å². The smallest absolute Gasteiger partial charge is 0.243 e. The third-order valence-electron chi connectivity index (χ3n) is 4.68. The van der Waals surface area contributed by atoms with Crippen LogP contribution in [0.3, 0.4) is 0 Å². The highest BCUT2D eigenvalue weighted by Gasteiger charge is 2.31. The van der Waals surface area contributed by atoms with Gasteiger partial charge in [-0.2, -0.15) is 4.31 Å². The number of hydrogen-bond donors (Lipinski definition) is 0. The van der Waals surface area contributed by atoms with E-state index in [1.54, 1.807) is 36.4 Å². The Kier molecular flexibility index (Phi) is 4.94. The largest absolute Gasteiger partial charge is 0.298 e. The molecule has 1 aliphatic heterocycles. The maximum absolute atomic E-state index is 12.9. The van der Waals surface area contributed by atoms with E-state index in [1.165, 1.54) is 4.31 Å². The first kappa shape index (κ1) is 18.3. The Morgan fingerprint density at radius 3 is 2.19 bits per heavy atom. The van der Waals surface area contributed by atoms with E-state index in [4.69, 9.17) is 0 Å². The minimum atomic E-state index is -3.54. The molecule has 0 fully saturated rings. The van der Waals surface area contributed by atoms with Crippen molar-refractivity contribution in [2.24, 2.45) is 0 Å². The fraction of sp³-hybridized carbons (Fsp3) is 0.190. The molecule has 0 amide bonds. The molecule has 2 aromatic rings. The van der Waals surface area contributed by atoms with Crippen LogP contribution in [0.25, 0.3) is 5.57 Å². The van der Waals surface area contributed by atoms with Crippen LogP contribution >= 0.6 is 0 Å². The van der Waals surface area contributed by atoms with Crippen molar-refractivity contribution in [1.82, 2.24) is 4.31 Å². The van der Waals surface area contributed by atoms with Crippen LogP contribution in [0, 0.1) is 6.92 Å². The van der Waals surface area contributed by atoms with E-state index < -0.39 is 10.0 Å². The molecule has 4 nitrogen and oxygen atoms in total. The molecule has 0 bridgehead atoms. The van der Waals surface area contributed by atoms with E-state index in [0.29, 0.717) is 23.5 Å². The number of aryl methyl sites for hydroxylation is 1. The molecule has 0 radical (unpaired) electrons. The molecule has 0 saturated carbocycles. The number of nitrogens with zero attached hydrogens (tertiary/aromatic N) is 1. The minimum Gasteiger partial charge on any atom is -0.298 e. The lowest BCUT2D eigenvalue weighted by molar-refractivity contribution is 0.112. The van der Waals surface area contributed by atoms with Gasteiger partial charge >= 0.3 is 0 Å². The molecule has 1 aliphatic rings. The van der Waals surface area contributed by atoms with Gasteiger partial charge in [0.25, 0.3) is 0 Å². The number of aldehydes is 1. The van der Waals surface area contributed by atoms with Crippen LogP contribution in [0.4, 0.5) is 0 Å². The number of benzene rings is 2. The van der Waals surface area contributed by atoms with Gasteiger partial charge in [0.1, 0.15) is 6.29 Å². The lowest BCUT2D eigenvalue weighted by Gasteiger charge is -2.17. The molecule has 0 N–H and O–H groups in total. The number of sulfonamides is 1. The van der Waals surface area contributed by atoms with Crippen molar-refractivity contribution in [2.45, 2.75) is 18.7 Å². The Labute approximate surface area is 154 Å². The topological polar surface area (TPSA) is 54.5 Å². The Balaban J connectivity index is 1.83. The van der Waals surface area contributed by atoms with Crippen molar-refractivity contribution in [3.63, 3.8) is 0 Å². The Morgan fingerprint density at radius 1 is 1.00 bits per heavy atom. The van der Waals surface area contributed by atoms with Gasteiger partial charge in [-0.15, -0.1) is 0 Å². The van der Waals surface area contributed by atoms with Crippen molar-refractivity contribution in [3.8, 4) is 0 Å². The Bertz CT molecular complexity index is 985. The maximum atomic E-state index is 12.9. The Hall–Kier alpha value is -2.50. The normalized spacial score (nSPS) is 15.3. The van der Waals surface area contributed by atoms with Gasteiger partial charge in [-0.25, -0.2) is 8.42 Å². The maximum Gasteiger partial charge on any atom is 0.243 e. The standard InChI is InChI=1S/C21H21NO3S/c1-15-4-10-20(11-5-15)26(24,25)22-12-16(2)21(13-22)17(3)19-8-6-18(14-23)7-9-19/h4-11,14H,3,12-13H2,1-2H3. The van der Waals surface area contributed by atoms with Gasteiger partial charge < -0.3 is 0 Å². The second-order valence-corrected chi connectivity index (χ2v) is 8.50. The van der Waals surface area contributed by atoms with E-state index >= 15 is 0 Å². The molecule has 5 heteroatoms. The molecule has 2 aromatic carbocycles. The molecule has 1 heterocycles. The molecule has 0 spiro atoms. The Morgan fingerprint density at radius 2 is 1.62 bits per heavy atom. The third kappa shape index (κ3) is 3.41. The molecule has 134 valence electrons. The first-order chi connectivity index (χ1) is 12.3. The van der Waals surface area contributed by atoms with E-state index in [9.17, 15) is 13.2 Å². The molecular weight excluding hydrogens is 346 g/mol. The summed E-state index contributed by atoms with van der Waals surface area (Å²) in [5, 5.41) is 0. The second-order valence-electron chi connectivity index (χ2n) is 6.56. The van der Waals surface area contributed by atoms with Gasteiger partial charge in [0.2, 0.25) is 10.0 Å². The van der Waals surface area contributed by atoms with Crippen LogP contribution < -0.4 is 0 Å². The zero-order valence-electron chi connectivity index (χ0n) is 14.9. The summed E-state index contributed by atoms with van der Waals surface area (Å²) in [6.07, 6.45) is 0.794. The zero-order valence-corrected chi connectivity index (χ0v) is 15.7. The summed E-state index contributed by atoms with van der Waals surface area (Å²) in [7, 11) is -3.54. The first-order valence-electron chi connectivity index (χ1n) is 8.33. The summed E-state index contributed by atoms with van der Waals surface area (Å²) >= 11 is 0. The molecule has 0 atom stereocenters. The van der Waals surface area contributed by atoms with Crippen LogP contribution in [0.2, 0.25) is 0 Å². The highest BCUT2D eigenvalue weighted by atomic mass is 32.2. The zero-order chi connectivity index (χ0) is 18.9. The average molecular weight is 367 g/mol. The van der Waals surface area contributed by atoms with Crippen molar-refractivity contribution in [2.75, 3.05) is 13.1 Å². The van der Waals surface area contributed by atoms with Crippen LogP contribution in [-0.4, -0.2) is 32.1 Å². The molecule has 0 unspecified atom stereocenters. The number of carbonyl (C=O) groups is 1. The summed E-state index contributed by atoms with van der Waals surface area (Å²) in [6.45, 7) is 8.67. The average Bonchev–Trinajstić information content (AvgIpc) is 3.04.